The van der Waals surface area contributed by atoms with Gasteiger partial charge in [0, 0.05) is 6.54 Å². The summed E-state index contributed by atoms with van der Waals surface area (Å²) in [6.07, 6.45) is 7.15. The molecule has 0 bridgehead atoms. The molecule has 0 spiro atoms. The predicted molar refractivity (Wildman–Crippen MR) is 98.2 cm³/mol. The maximum absolute atomic E-state index is 12.4. The number of β-lactam (4-membered cyclic amide) rings is 1. The van der Waals surface area contributed by atoms with Gasteiger partial charge in [-0.1, -0.05) is 48.9 Å². The molecule has 1 aromatic rings. The van der Waals surface area contributed by atoms with Crippen LogP contribution in [0.5, 0.6) is 0 Å². The lowest BCUT2D eigenvalue weighted by molar-refractivity contribution is -0.168. The van der Waals surface area contributed by atoms with Gasteiger partial charge in [-0.2, -0.15) is 8.42 Å². The Hall–Kier alpha value is -2.56. The summed E-state index contributed by atoms with van der Waals surface area (Å²) < 4.78 is 32.8. The summed E-state index contributed by atoms with van der Waals surface area (Å²) in [4.78, 5) is 14.0. The molecule has 0 saturated carbocycles. The Labute approximate surface area is 154 Å². The van der Waals surface area contributed by atoms with Crippen molar-refractivity contribution in [2.45, 2.75) is 25.6 Å². The molecule has 26 heavy (non-hydrogen) atoms. The molecule has 1 aromatic carbocycles. The molecule has 1 fully saturated rings. The van der Waals surface area contributed by atoms with Crippen LogP contribution in [0.2, 0.25) is 0 Å². The second-order valence-electron chi connectivity index (χ2n) is 5.94. The van der Waals surface area contributed by atoms with Crippen LogP contribution in [0, 0.1) is 12.3 Å². The van der Waals surface area contributed by atoms with Gasteiger partial charge >= 0.3 is 10.1 Å². The number of benzene rings is 1. The molecule has 0 aromatic heterocycles. The van der Waals surface area contributed by atoms with Crippen LogP contribution in [0.4, 0.5) is 0 Å². The van der Waals surface area contributed by atoms with Crippen molar-refractivity contribution in [1.82, 2.24) is 4.90 Å². The lowest BCUT2D eigenvalue weighted by Crippen LogP contribution is -2.64. The number of allylic oxidation sites excluding steroid dienone is 1. The molecule has 1 amide bonds. The van der Waals surface area contributed by atoms with E-state index in [4.69, 9.17) is 15.3 Å². The van der Waals surface area contributed by atoms with Crippen LogP contribution in [-0.2, 0) is 30.4 Å². The fourth-order valence-corrected chi connectivity index (χ4v) is 3.08. The highest BCUT2D eigenvalue weighted by Gasteiger charge is 2.46. The standard InChI is InChI=1S/C19H21NO5S/c1-5-11-24-18-17(12-14(2)15(3)25-26(4,22)23)20(19(18)21)13-16-9-7-6-8-10-16/h1,6-10,12,17-18H,3,11,13H2,2,4H3/b14-12+/t17-,18+/m0/s1. The fourth-order valence-electron chi connectivity index (χ4n) is 2.58. The summed E-state index contributed by atoms with van der Waals surface area (Å²) in [7, 11) is -3.67. The number of carbonyl (C=O) groups excluding carboxylic acids is 1. The normalized spacial score (nSPS) is 20.3. The van der Waals surface area contributed by atoms with Crippen LogP contribution in [0.1, 0.15) is 12.5 Å². The van der Waals surface area contributed by atoms with E-state index in [1.165, 1.54) is 0 Å². The van der Waals surface area contributed by atoms with Gasteiger partial charge in [0.2, 0.25) is 0 Å². The molecule has 0 unspecified atom stereocenters. The first-order valence-electron chi connectivity index (χ1n) is 7.89. The van der Waals surface area contributed by atoms with Gasteiger partial charge in [0.05, 0.1) is 12.3 Å². The summed E-state index contributed by atoms with van der Waals surface area (Å²) in [6.45, 7) is 5.70. The lowest BCUT2D eigenvalue weighted by atomic mass is 9.94. The second-order valence-corrected chi connectivity index (χ2v) is 7.51. The predicted octanol–water partition coefficient (Wildman–Crippen LogP) is 1.85. The van der Waals surface area contributed by atoms with Crippen LogP contribution in [0.15, 0.2) is 54.3 Å². The van der Waals surface area contributed by atoms with E-state index < -0.39 is 22.3 Å². The number of nitrogens with zero attached hydrogens (tertiary/aromatic N) is 1. The first kappa shape index (κ1) is 19.8. The fraction of sp³-hybridized carbons (Fsp3) is 0.316. The van der Waals surface area contributed by atoms with Crippen LogP contribution < -0.4 is 0 Å². The van der Waals surface area contributed by atoms with E-state index in [0.29, 0.717) is 12.1 Å². The average molecular weight is 375 g/mol. The Morgan fingerprint density at radius 1 is 1.38 bits per heavy atom. The lowest BCUT2D eigenvalue weighted by Gasteiger charge is -2.45. The van der Waals surface area contributed by atoms with Crippen molar-refractivity contribution < 1.29 is 22.1 Å². The highest BCUT2D eigenvalue weighted by atomic mass is 32.2. The van der Waals surface area contributed by atoms with Gasteiger partial charge < -0.3 is 13.8 Å². The Morgan fingerprint density at radius 2 is 2.04 bits per heavy atom. The Kier molecular flexibility index (Phi) is 6.24. The van der Waals surface area contributed by atoms with Crippen molar-refractivity contribution in [2.24, 2.45) is 0 Å². The topological polar surface area (TPSA) is 72.9 Å². The Morgan fingerprint density at radius 3 is 2.62 bits per heavy atom. The molecule has 1 heterocycles. The zero-order valence-electron chi connectivity index (χ0n) is 14.7. The number of ether oxygens (including phenoxy) is 1. The number of carbonyl (C=O) groups is 1. The minimum absolute atomic E-state index is 0.00205. The van der Waals surface area contributed by atoms with Crippen molar-refractivity contribution in [1.29, 1.82) is 0 Å². The van der Waals surface area contributed by atoms with Crippen LogP contribution in [-0.4, -0.2) is 44.2 Å². The molecular formula is C19H21NO5S. The zero-order chi connectivity index (χ0) is 19.3. The molecule has 2 atom stereocenters. The van der Waals surface area contributed by atoms with E-state index in [9.17, 15) is 13.2 Å². The van der Waals surface area contributed by atoms with E-state index >= 15 is 0 Å². The van der Waals surface area contributed by atoms with Crippen LogP contribution in [0.3, 0.4) is 0 Å². The van der Waals surface area contributed by atoms with Crippen molar-refractivity contribution in [2.75, 3.05) is 12.9 Å². The van der Waals surface area contributed by atoms with Crippen LogP contribution >= 0.6 is 0 Å². The largest absolute Gasteiger partial charge is 0.383 e. The van der Waals surface area contributed by atoms with E-state index in [1.807, 2.05) is 30.3 Å². The third-order valence-electron chi connectivity index (χ3n) is 3.85. The van der Waals surface area contributed by atoms with Gasteiger partial charge in [0.1, 0.15) is 12.4 Å². The number of likely N-dealkylation sites (tertiary alicyclic amines) is 1. The van der Waals surface area contributed by atoms with E-state index in [1.54, 1.807) is 17.9 Å². The highest BCUT2D eigenvalue weighted by Crippen LogP contribution is 2.28. The zero-order valence-corrected chi connectivity index (χ0v) is 15.5. The van der Waals surface area contributed by atoms with Crippen molar-refractivity contribution in [3.63, 3.8) is 0 Å². The maximum Gasteiger partial charge on any atom is 0.306 e. The first-order valence-corrected chi connectivity index (χ1v) is 9.71. The van der Waals surface area contributed by atoms with E-state index in [-0.39, 0.29) is 18.3 Å². The minimum Gasteiger partial charge on any atom is -0.383 e. The highest BCUT2D eigenvalue weighted by molar-refractivity contribution is 7.86. The summed E-state index contributed by atoms with van der Waals surface area (Å²) in [6, 6.07) is 9.13. The number of hydrogen-bond acceptors (Lipinski definition) is 5. The molecule has 6 nitrogen and oxygen atoms in total. The van der Waals surface area contributed by atoms with Gasteiger partial charge in [0.25, 0.3) is 5.91 Å². The average Bonchev–Trinajstić information content (AvgIpc) is 2.58. The quantitative estimate of drug-likeness (QED) is 0.228. The molecule has 0 radical (unpaired) electrons. The summed E-state index contributed by atoms with van der Waals surface area (Å²) in [5.74, 6) is 2.17. The van der Waals surface area contributed by atoms with Gasteiger partial charge in [0.15, 0.2) is 6.10 Å². The number of hydrogen-bond donors (Lipinski definition) is 0. The smallest absolute Gasteiger partial charge is 0.306 e. The minimum atomic E-state index is -3.67. The molecule has 138 valence electrons. The molecule has 7 heteroatoms. The third-order valence-corrected chi connectivity index (χ3v) is 4.36. The van der Waals surface area contributed by atoms with E-state index in [2.05, 4.69) is 12.5 Å². The number of terminal acetylenes is 1. The molecule has 0 aliphatic carbocycles. The van der Waals surface area contributed by atoms with Gasteiger partial charge in [-0.15, -0.1) is 6.42 Å². The first-order chi connectivity index (χ1) is 12.2. The molecule has 1 saturated heterocycles. The summed E-state index contributed by atoms with van der Waals surface area (Å²) >= 11 is 0. The third kappa shape index (κ3) is 4.97. The van der Waals surface area contributed by atoms with Crippen molar-refractivity contribution in [3.05, 3.63) is 59.9 Å². The van der Waals surface area contributed by atoms with Crippen molar-refractivity contribution >= 4 is 16.0 Å². The maximum atomic E-state index is 12.4. The second kappa shape index (κ2) is 8.21. The molecular weight excluding hydrogens is 354 g/mol. The number of amides is 1. The number of rotatable bonds is 8. The summed E-state index contributed by atoms with van der Waals surface area (Å²) in [5, 5.41) is 0. The van der Waals surface area contributed by atoms with E-state index in [0.717, 1.165) is 11.8 Å². The van der Waals surface area contributed by atoms with Gasteiger partial charge in [-0.25, -0.2) is 0 Å². The SMILES string of the molecule is C#CCO[C@H]1C(=O)N(Cc2ccccc2)[C@H]1/C=C(\C)C(=C)OS(C)(=O)=O. The molecule has 1 aliphatic rings. The van der Waals surface area contributed by atoms with Crippen molar-refractivity contribution in [3.8, 4) is 12.3 Å². The van der Waals surface area contributed by atoms with Gasteiger partial charge in [-0.3, -0.25) is 4.79 Å². The van der Waals surface area contributed by atoms with Crippen LogP contribution in [0.25, 0.3) is 0 Å². The Bertz CT molecular complexity index is 852. The molecule has 2 rings (SSSR count). The Balaban J connectivity index is 2.20. The van der Waals surface area contributed by atoms with Gasteiger partial charge in [-0.05, 0) is 18.1 Å². The molecule has 0 N–H and O–H groups in total. The monoisotopic (exact) mass is 375 g/mol. The summed E-state index contributed by atoms with van der Waals surface area (Å²) in [5.41, 5.74) is 1.47. The molecule has 1 aliphatic heterocycles.